The molecule has 5 nitrogen and oxygen atoms in total. The first-order chi connectivity index (χ1) is 16.4. The Morgan fingerprint density at radius 2 is 1.68 bits per heavy atom. The number of carbonyl (C=O) groups is 1. The second kappa shape index (κ2) is 8.42. The molecule has 4 fully saturated rings. The van der Waals surface area contributed by atoms with Crippen molar-refractivity contribution in [1.29, 1.82) is 0 Å². The van der Waals surface area contributed by atoms with Crippen LogP contribution in [0.5, 0.6) is 0 Å². The van der Waals surface area contributed by atoms with Gasteiger partial charge in [-0.25, -0.2) is 4.68 Å². The van der Waals surface area contributed by atoms with E-state index in [1.54, 1.807) is 10.9 Å². The van der Waals surface area contributed by atoms with E-state index in [2.05, 4.69) is 21.2 Å². The SMILES string of the molecule is O=C(NC12CC3CC(CC(C3)C1)C2)c1cn(Cc2cccc(Cl)c2)n(-c2ccc(Br)cc2)c1=O. The van der Waals surface area contributed by atoms with Crippen LogP contribution in [-0.2, 0) is 6.54 Å². The van der Waals surface area contributed by atoms with Gasteiger partial charge in [-0.2, -0.15) is 0 Å². The Balaban J connectivity index is 1.36. The van der Waals surface area contributed by atoms with E-state index in [1.165, 1.54) is 19.3 Å². The molecular weight excluding hydrogens is 514 g/mol. The highest BCUT2D eigenvalue weighted by Gasteiger charge is 2.51. The van der Waals surface area contributed by atoms with Gasteiger partial charge >= 0.3 is 0 Å². The summed E-state index contributed by atoms with van der Waals surface area (Å²) in [6.45, 7) is 0.427. The average molecular weight is 541 g/mol. The lowest BCUT2D eigenvalue weighted by atomic mass is 9.53. The van der Waals surface area contributed by atoms with Crippen LogP contribution in [0.1, 0.15) is 54.4 Å². The lowest BCUT2D eigenvalue weighted by Crippen LogP contribution is -2.60. The predicted octanol–water partition coefficient (Wildman–Crippen LogP) is 5.80. The van der Waals surface area contributed by atoms with Gasteiger partial charge in [0.2, 0.25) is 0 Å². The zero-order chi connectivity index (χ0) is 23.4. The summed E-state index contributed by atoms with van der Waals surface area (Å²) < 4.78 is 4.32. The van der Waals surface area contributed by atoms with Crippen molar-refractivity contribution in [2.75, 3.05) is 0 Å². The number of amides is 1. The first-order valence-corrected chi connectivity index (χ1v) is 13.2. The lowest BCUT2D eigenvalue weighted by Gasteiger charge is -2.56. The van der Waals surface area contributed by atoms with Crippen molar-refractivity contribution in [3.63, 3.8) is 0 Å². The van der Waals surface area contributed by atoms with Crippen LogP contribution in [-0.4, -0.2) is 20.8 Å². The van der Waals surface area contributed by atoms with Crippen molar-refractivity contribution in [2.24, 2.45) is 17.8 Å². The van der Waals surface area contributed by atoms with E-state index >= 15 is 0 Å². The molecule has 0 spiro atoms. The van der Waals surface area contributed by atoms with E-state index in [0.29, 0.717) is 17.3 Å². The molecule has 1 aromatic heterocycles. The minimum Gasteiger partial charge on any atom is -0.346 e. The molecule has 1 N–H and O–H groups in total. The largest absolute Gasteiger partial charge is 0.346 e. The molecule has 1 heterocycles. The smallest absolute Gasteiger partial charge is 0.284 e. The lowest BCUT2D eigenvalue weighted by molar-refractivity contribution is -0.0167. The molecule has 34 heavy (non-hydrogen) atoms. The second-order valence-corrected chi connectivity index (χ2v) is 11.9. The third-order valence-electron chi connectivity index (χ3n) is 7.92. The summed E-state index contributed by atoms with van der Waals surface area (Å²) >= 11 is 9.66. The normalized spacial score (nSPS) is 27.2. The van der Waals surface area contributed by atoms with Gasteiger partial charge in [0, 0.05) is 21.2 Å². The summed E-state index contributed by atoms with van der Waals surface area (Å²) in [5.74, 6) is 1.91. The Labute approximate surface area is 212 Å². The number of benzene rings is 2. The van der Waals surface area contributed by atoms with Crippen LogP contribution in [0.15, 0.2) is 64.0 Å². The highest BCUT2D eigenvalue weighted by molar-refractivity contribution is 9.10. The summed E-state index contributed by atoms with van der Waals surface area (Å²) in [5.41, 5.74) is 1.42. The highest BCUT2D eigenvalue weighted by Crippen LogP contribution is 2.55. The van der Waals surface area contributed by atoms with Gasteiger partial charge in [0.25, 0.3) is 11.5 Å². The number of hydrogen-bond donors (Lipinski definition) is 1. The third-order valence-corrected chi connectivity index (χ3v) is 8.69. The minimum absolute atomic E-state index is 0.143. The molecule has 4 aliphatic rings. The maximum atomic E-state index is 13.6. The summed E-state index contributed by atoms with van der Waals surface area (Å²) in [4.78, 5) is 27.1. The Kier molecular flexibility index (Phi) is 5.49. The number of nitrogens with one attached hydrogen (secondary N) is 1. The number of hydrogen-bond acceptors (Lipinski definition) is 2. The van der Waals surface area contributed by atoms with Crippen molar-refractivity contribution >= 4 is 33.4 Å². The van der Waals surface area contributed by atoms with Crippen molar-refractivity contribution in [2.45, 2.75) is 50.6 Å². The topological polar surface area (TPSA) is 56.0 Å². The minimum atomic E-state index is -0.299. The molecule has 4 bridgehead atoms. The number of aromatic nitrogens is 2. The third kappa shape index (κ3) is 4.05. The van der Waals surface area contributed by atoms with E-state index in [9.17, 15) is 9.59 Å². The maximum Gasteiger partial charge on any atom is 0.284 e. The maximum absolute atomic E-state index is 13.6. The molecule has 4 saturated carbocycles. The molecule has 2 aromatic carbocycles. The van der Waals surface area contributed by atoms with Gasteiger partial charge in [0.1, 0.15) is 5.56 Å². The Morgan fingerprint density at radius 3 is 2.29 bits per heavy atom. The molecule has 0 saturated heterocycles. The van der Waals surface area contributed by atoms with E-state index in [0.717, 1.165) is 47.1 Å². The molecule has 0 aliphatic heterocycles. The molecule has 0 unspecified atom stereocenters. The van der Waals surface area contributed by atoms with E-state index in [1.807, 2.05) is 53.2 Å². The summed E-state index contributed by atoms with van der Waals surface area (Å²) in [5, 5.41) is 4.00. The van der Waals surface area contributed by atoms with Crippen LogP contribution in [0.4, 0.5) is 0 Å². The van der Waals surface area contributed by atoms with E-state index in [-0.39, 0.29) is 22.6 Å². The van der Waals surface area contributed by atoms with Crippen molar-refractivity contribution in [3.05, 3.63) is 85.7 Å². The van der Waals surface area contributed by atoms with Crippen LogP contribution in [0, 0.1) is 17.8 Å². The van der Waals surface area contributed by atoms with E-state index in [4.69, 9.17) is 11.6 Å². The van der Waals surface area contributed by atoms with Crippen molar-refractivity contribution in [3.8, 4) is 5.69 Å². The molecule has 7 heteroatoms. The Hall–Kier alpha value is -2.31. The fourth-order valence-electron chi connectivity index (χ4n) is 7.01. The zero-order valence-electron chi connectivity index (χ0n) is 18.8. The van der Waals surface area contributed by atoms with Gasteiger partial charge in [0.05, 0.1) is 12.2 Å². The molecule has 0 atom stereocenters. The highest BCUT2D eigenvalue weighted by atomic mass is 79.9. The number of halogens is 2. The summed E-state index contributed by atoms with van der Waals surface area (Å²) in [6.07, 6.45) is 8.77. The number of nitrogens with zero attached hydrogens (tertiary/aromatic N) is 2. The van der Waals surface area contributed by atoms with Gasteiger partial charge in [-0.05, 0) is 98.2 Å². The van der Waals surface area contributed by atoms with Crippen LogP contribution in [0.3, 0.4) is 0 Å². The first-order valence-electron chi connectivity index (χ1n) is 12.0. The van der Waals surface area contributed by atoms with Crippen molar-refractivity contribution in [1.82, 2.24) is 14.7 Å². The Bertz CT molecular complexity index is 1270. The molecule has 7 rings (SSSR count). The fraction of sp³-hybridized carbons (Fsp3) is 0.407. The van der Waals surface area contributed by atoms with Gasteiger partial charge in [-0.15, -0.1) is 0 Å². The standard InChI is InChI=1S/C27H27BrClN3O2/c28-21-4-6-23(7-5-21)32-26(34)24(16-31(32)15-17-2-1-3-22(29)11-17)25(33)30-27-12-18-8-19(13-27)10-20(9-18)14-27/h1-7,11,16,18-20H,8-10,12-15H2,(H,30,33). The van der Waals surface area contributed by atoms with Gasteiger partial charge < -0.3 is 5.32 Å². The van der Waals surface area contributed by atoms with Gasteiger partial charge in [0.15, 0.2) is 0 Å². The molecule has 3 aromatic rings. The van der Waals surface area contributed by atoms with Gasteiger partial charge in [-0.3, -0.25) is 14.3 Å². The molecule has 4 aliphatic carbocycles. The monoisotopic (exact) mass is 539 g/mol. The first kappa shape index (κ1) is 22.2. The quantitative estimate of drug-likeness (QED) is 0.445. The fourth-order valence-corrected chi connectivity index (χ4v) is 7.48. The molecule has 176 valence electrons. The molecule has 1 amide bonds. The Morgan fingerprint density at radius 1 is 1.03 bits per heavy atom. The average Bonchev–Trinajstić information content (AvgIpc) is 3.09. The molecule has 0 radical (unpaired) electrons. The molecular formula is C27H27BrClN3O2. The summed E-state index contributed by atoms with van der Waals surface area (Å²) in [6, 6.07) is 15.1. The van der Waals surface area contributed by atoms with Gasteiger partial charge in [-0.1, -0.05) is 39.7 Å². The second-order valence-electron chi connectivity index (χ2n) is 10.5. The van der Waals surface area contributed by atoms with Crippen LogP contribution in [0.25, 0.3) is 5.69 Å². The predicted molar refractivity (Wildman–Crippen MR) is 137 cm³/mol. The summed E-state index contributed by atoms with van der Waals surface area (Å²) in [7, 11) is 0. The van der Waals surface area contributed by atoms with Crippen LogP contribution in [0.2, 0.25) is 5.02 Å². The number of rotatable bonds is 5. The van der Waals surface area contributed by atoms with Crippen LogP contribution >= 0.6 is 27.5 Å². The zero-order valence-corrected chi connectivity index (χ0v) is 21.2. The van der Waals surface area contributed by atoms with Crippen LogP contribution < -0.4 is 10.9 Å². The van der Waals surface area contributed by atoms with E-state index < -0.39 is 0 Å². The number of carbonyl (C=O) groups excluding carboxylic acids is 1. The van der Waals surface area contributed by atoms with Crippen molar-refractivity contribution < 1.29 is 4.79 Å².